The molecule has 10 heavy (non-hydrogen) atoms. The summed E-state index contributed by atoms with van der Waals surface area (Å²) < 4.78 is 0. The summed E-state index contributed by atoms with van der Waals surface area (Å²) in [5.74, 6) is 0.400. The molecule has 0 heterocycles. The molecular formula is C8H17NO. The topological polar surface area (TPSA) is 29.1 Å². The van der Waals surface area contributed by atoms with E-state index in [1.165, 1.54) is 0 Å². The lowest BCUT2D eigenvalue weighted by Gasteiger charge is -2.26. The Bertz CT molecular complexity index is 112. The number of carbonyl (C=O) groups is 1. The molecule has 1 atom stereocenters. The van der Waals surface area contributed by atoms with Gasteiger partial charge in [-0.25, -0.2) is 0 Å². The third-order valence-corrected chi connectivity index (χ3v) is 2.15. The zero-order valence-corrected chi connectivity index (χ0v) is 7.27. The smallest absolute Gasteiger partial charge is 0.127 e. The van der Waals surface area contributed by atoms with Crippen LogP contribution in [0.15, 0.2) is 0 Å². The van der Waals surface area contributed by atoms with Crippen LogP contribution in [0.5, 0.6) is 0 Å². The molecule has 0 radical (unpaired) electrons. The Labute approximate surface area is 63.0 Å². The largest absolute Gasteiger partial charge is 0.319 e. The molecule has 0 saturated heterocycles. The van der Waals surface area contributed by atoms with Crippen LogP contribution in [0.1, 0.15) is 20.8 Å². The van der Waals surface area contributed by atoms with Crippen molar-refractivity contribution in [1.29, 1.82) is 0 Å². The normalized spacial score (nSPS) is 16.9. The summed E-state index contributed by atoms with van der Waals surface area (Å²) in [6.07, 6.45) is 1.04. The molecular weight excluding hydrogens is 126 g/mol. The molecule has 0 aromatic carbocycles. The fourth-order valence-electron chi connectivity index (χ4n) is 0.763. The van der Waals surface area contributed by atoms with Crippen LogP contribution >= 0.6 is 0 Å². The summed E-state index contributed by atoms with van der Waals surface area (Å²) in [7, 11) is 1.87. The Morgan fingerprint density at radius 2 is 2.10 bits per heavy atom. The van der Waals surface area contributed by atoms with Crippen LogP contribution in [0.4, 0.5) is 0 Å². The van der Waals surface area contributed by atoms with Crippen LogP contribution in [0, 0.1) is 11.3 Å². The first-order chi connectivity index (χ1) is 4.56. The lowest BCUT2D eigenvalue weighted by Crippen LogP contribution is -2.35. The van der Waals surface area contributed by atoms with E-state index in [0.717, 1.165) is 12.8 Å². The summed E-state index contributed by atoms with van der Waals surface area (Å²) in [5.41, 5.74) is -0.200. The predicted octanol–water partition coefficient (Wildman–Crippen LogP) is 1.07. The van der Waals surface area contributed by atoms with Crippen molar-refractivity contribution < 1.29 is 4.79 Å². The molecule has 2 heteroatoms. The van der Waals surface area contributed by atoms with Gasteiger partial charge in [-0.3, -0.25) is 0 Å². The molecule has 0 aliphatic carbocycles. The van der Waals surface area contributed by atoms with Gasteiger partial charge in [0.1, 0.15) is 6.29 Å². The molecule has 0 amide bonds. The zero-order valence-electron chi connectivity index (χ0n) is 7.27. The van der Waals surface area contributed by atoms with Crippen molar-refractivity contribution in [2.24, 2.45) is 11.3 Å². The van der Waals surface area contributed by atoms with Gasteiger partial charge in [0.05, 0.1) is 0 Å². The number of rotatable bonds is 4. The van der Waals surface area contributed by atoms with E-state index in [2.05, 4.69) is 19.2 Å². The summed E-state index contributed by atoms with van der Waals surface area (Å²) in [4.78, 5) is 10.6. The number of nitrogens with one attached hydrogen (secondary N) is 1. The van der Waals surface area contributed by atoms with Crippen LogP contribution in [0.3, 0.4) is 0 Å². The van der Waals surface area contributed by atoms with E-state index in [9.17, 15) is 4.79 Å². The summed E-state index contributed by atoms with van der Waals surface area (Å²) in [6, 6.07) is 0. The molecule has 0 spiro atoms. The Morgan fingerprint density at radius 3 is 2.20 bits per heavy atom. The van der Waals surface area contributed by atoms with E-state index in [0.29, 0.717) is 5.92 Å². The maximum Gasteiger partial charge on any atom is 0.127 e. The van der Waals surface area contributed by atoms with E-state index in [1.807, 2.05) is 14.0 Å². The van der Waals surface area contributed by atoms with Crippen molar-refractivity contribution in [3.8, 4) is 0 Å². The second-order valence-electron chi connectivity index (χ2n) is 3.31. The Hall–Kier alpha value is -0.370. The molecule has 0 aromatic rings. The predicted molar refractivity (Wildman–Crippen MR) is 42.9 cm³/mol. The van der Waals surface area contributed by atoms with E-state index in [4.69, 9.17) is 0 Å². The molecule has 0 unspecified atom stereocenters. The number of hydrogen-bond donors (Lipinski definition) is 1. The lowest BCUT2D eigenvalue weighted by molar-refractivity contribution is -0.117. The summed E-state index contributed by atoms with van der Waals surface area (Å²) in [6.45, 7) is 6.85. The number of carbonyl (C=O) groups excluding carboxylic acids is 1. The minimum atomic E-state index is -0.200. The molecule has 2 nitrogen and oxygen atoms in total. The quantitative estimate of drug-likeness (QED) is 0.596. The second kappa shape index (κ2) is 3.71. The fourth-order valence-corrected chi connectivity index (χ4v) is 0.763. The standard InChI is InChI=1S/C8H17NO/c1-7(2)8(3,6-10)5-9-4/h6-7,9H,5H2,1-4H3/t8-/m0/s1. The molecule has 60 valence electrons. The number of aldehydes is 1. The first-order valence-electron chi connectivity index (χ1n) is 3.67. The Morgan fingerprint density at radius 1 is 1.60 bits per heavy atom. The lowest BCUT2D eigenvalue weighted by atomic mass is 9.81. The van der Waals surface area contributed by atoms with Crippen molar-refractivity contribution in [2.45, 2.75) is 20.8 Å². The van der Waals surface area contributed by atoms with E-state index >= 15 is 0 Å². The maximum absolute atomic E-state index is 10.6. The minimum absolute atomic E-state index is 0.200. The van der Waals surface area contributed by atoms with Gasteiger partial charge in [-0.15, -0.1) is 0 Å². The van der Waals surface area contributed by atoms with Gasteiger partial charge in [0.2, 0.25) is 0 Å². The highest BCUT2D eigenvalue weighted by Gasteiger charge is 2.26. The van der Waals surface area contributed by atoms with Crippen LogP contribution in [-0.2, 0) is 4.79 Å². The molecule has 0 aliphatic heterocycles. The molecule has 1 N–H and O–H groups in total. The monoisotopic (exact) mass is 143 g/mol. The highest BCUT2D eigenvalue weighted by Crippen LogP contribution is 2.22. The Balaban J connectivity index is 4.08. The van der Waals surface area contributed by atoms with Gasteiger partial charge in [-0.2, -0.15) is 0 Å². The maximum atomic E-state index is 10.6. The van der Waals surface area contributed by atoms with Gasteiger partial charge < -0.3 is 10.1 Å². The van der Waals surface area contributed by atoms with E-state index < -0.39 is 0 Å². The number of hydrogen-bond acceptors (Lipinski definition) is 2. The van der Waals surface area contributed by atoms with Crippen LogP contribution in [0.2, 0.25) is 0 Å². The van der Waals surface area contributed by atoms with Gasteiger partial charge in [-0.1, -0.05) is 20.8 Å². The van der Waals surface area contributed by atoms with Crippen molar-refractivity contribution in [1.82, 2.24) is 5.32 Å². The fraction of sp³-hybridized carbons (Fsp3) is 0.875. The van der Waals surface area contributed by atoms with Crippen LogP contribution < -0.4 is 5.32 Å². The van der Waals surface area contributed by atoms with Gasteiger partial charge in [-0.05, 0) is 13.0 Å². The van der Waals surface area contributed by atoms with Crippen LogP contribution in [0.25, 0.3) is 0 Å². The molecule has 0 aromatic heterocycles. The first-order valence-corrected chi connectivity index (χ1v) is 3.67. The summed E-state index contributed by atoms with van der Waals surface area (Å²) >= 11 is 0. The summed E-state index contributed by atoms with van der Waals surface area (Å²) in [5, 5.41) is 3.01. The molecule has 0 fully saturated rings. The second-order valence-corrected chi connectivity index (χ2v) is 3.31. The van der Waals surface area contributed by atoms with Gasteiger partial charge in [0.15, 0.2) is 0 Å². The molecule has 0 bridgehead atoms. The highest BCUT2D eigenvalue weighted by atomic mass is 16.1. The molecule has 0 aliphatic rings. The average molecular weight is 143 g/mol. The van der Waals surface area contributed by atoms with Gasteiger partial charge >= 0.3 is 0 Å². The third kappa shape index (κ3) is 2.10. The minimum Gasteiger partial charge on any atom is -0.319 e. The third-order valence-electron chi connectivity index (χ3n) is 2.15. The average Bonchev–Trinajstić information content (AvgIpc) is 1.88. The zero-order chi connectivity index (χ0) is 8.20. The van der Waals surface area contributed by atoms with Crippen molar-refractivity contribution >= 4 is 6.29 Å². The molecule has 0 rings (SSSR count). The molecule has 0 saturated carbocycles. The first kappa shape index (κ1) is 9.63. The van der Waals surface area contributed by atoms with Crippen LogP contribution in [-0.4, -0.2) is 19.9 Å². The van der Waals surface area contributed by atoms with Gasteiger partial charge in [0, 0.05) is 12.0 Å². The van der Waals surface area contributed by atoms with Crippen molar-refractivity contribution in [3.05, 3.63) is 0 Å². The van der Waals surface area contributed by atoms with Crippen molar-refractivity contribution in [3.63, 3.8) is 0 Å². The Kier molecular flexibility index (Phi) is 3.58. The van der Waals surface area contributed by atoms with Crippen molar-refractivity contribution in [2.75, 3.05) is 13.6 Å². The van der Waals surface area contributed by atoms with E-state index in [-0.39, 0.29) is 5.41 Å². The van der Waals surface area contributed by atoms with E-state index in [1.54, 1.807) is 0 Å². The SMILES string of the molecule is CNC[C@@](C)(C=O)C(C)C. The highest BCUT2D eigenvalue weighted by molar-refractivity contribution is 5.59. The van der Waals surface area contributed by atoms with Gasteiger partial charge in [0.25, 0.3) is 0 Å².